The molecule has 0 aliphatic carbocycles. The van der Waals surface area contributed by atoms with Gasteiger partial charge in [0, 0.05) is 18.7 Å². The maximum Gasteiger partial charge on any atom is 0.294 e. The van der Waals surface area contributed by atoms with Crippen LogP contribution in [0.3, 0.4) is 0 Å². The third-order valence-corrected chi connectivity index (χ3v) is 3.37. The lowest BCUT2D eigenvalue weighted by atomic mass is 10.1. The molecule has 2 N–H and O–H groups in total. The summed E-state index contributed by atoms with van der Waals surface area (Å²) < 4.78 is 3.28. The molecule has 2 rings (SSSR count). The van der Waals surface area contributed by atoms with Crippen molar-refractivity contribution in [2.45, 2.75) is 33.2 Å². The first kappa shape index (κ1) is 14.8. The van der Waals surface area contributed by atoms with Crippen molar-refractivity contribution in [2.75, 3.05) is 5.73 Å². The van der Waals surface area contributed by atoms with E-state index in [9.17, 15) is 14.9 Å². The largest absolute Gasteiger partial charge is 0.393 e. The average Bonchev–Trinajstić information content (AvgIpc) is 2.70. The molecule has 1 heterocycles. The Morgan fingerprint density at radius 1 is 1.29 bits per heavy atom. The second-order valence-corrected chi connectivity index (χ2v) is 5.06. The normalized spacial score (nSPS) is 11.0. The van der Waals surface area contributed by atoms with Crippen molar-refractivity contribution in [3.05, 3.63) is 50.4 Å². The zero-order valence-electron chi connectivity index (χ0n) is 12.2. The summed E-state index contributed by atoms with van der Waals surface area (Å²) >= 11 is 0. The molecule has 1 aromatic carbocycles. The van der Waals surface area contributed by atoms with E-state index in [0.29, 0.717) is 12.2 Å². The molecule has 0 radical (unpaired) electrons. The van der Waals surface area contributed by atoms with E-state index >= 15 is 0 Å². The highest BCUT2D eigenvalue weighted by Crippen LogP contribution is 2.22. The van der Waals surface area contributed by atoms with E-state index in [-0.39, 0.29) is 22.9 Å². The van der Waals surface area contributed by atoms with Gasteiger partial charge in [0.05, 0.1) is 16.3 Å². The van der Waals surface area contributed by atoms with E-state index in [4.69, 9.17) is 5.73 Å². The van der Waals surface area contributed by atoms with Crippen molar-refractivity contribution in [3.63, 3.8) is 0 Å². The maximum absolute atomic E-state index is 12.4. The van der Waals surface area contributed by atoms with Crippen molar-refractivity contribution in [2.24, 2.45) is 0 Å². The Labute approximate surface area is 121 Å². The van der Waals surface area contributed by atoms with Gasteiger partial charge in [0.1, 0.15) is 5.69 Å². The molecule has 0 fully saturated rings. The number of nitro groups is 1. The van der Waals surface area contributed by atoms with E-state index < -0.39 is 4.92 Å². The first-order valence-corrected chi connectivity index (χ1v) is 6.74. The highest BCUT2D eigenvalue weighted by atomic mass is 16.6. The van der Waals surface area contributed by atoms with E-state index in [2.05, 4.69) is 0 Å². The number of nitrogens with two attached hydrogens (primary N) is 1. The van der Waals surface area contributed by atoms with Crippen LogP contribution in [0.5, 0.6) is 0 Å². The molecular weight excluding hydrogens is 272 g/mol. The molecule has 0 saturated heterocycles. The zero-order valence-corrected chi connectivity index (χ0v) is 12.2. The quantitative estimate of drug-likeness (QED) is 0.690. The number of benzene rings is 1. The fourth-order valence-electron chi connectivity index (χ4n) is 2.47. The second-order valence-electron chi connectivity index (χ2n) is 5.06. The summed E-state index contributed by atoms with van der Waals surface area (Å²) in [5, 5.41) is 10.7. The molecular formula is C14H18N4O3. The van der Waals surface area contributed by atoms with Crippen LogP contribution >= 0.6 is 0 Å². The number of aromatic nitrogens is 2. The third-order valence-electron chi connectivity index (χ3n) is 3.37. The van der Waals surface area contributed by atoms with Crippen LogP contribution in [0.15, 0.2) is 29.1 Å². The molecule has 0 saturated carbocycles. The Morgan fingerprint density at radius 2 is 1.86 bits per heavy atom. The Balaban J connectivity index is 2.66. The summed E-state index contributed by atoms with van der Waals surface area (Å²) in [7, 11) is 0. The van der Waals surface area contributed by atoms with Crippen LogP contribution in [0.2, 0.25) is 0 Å². The van der Waals surface area contributed by atoms with E-state index in [1.807, 2.05) is 25.5 Å². The van der Waals surface area contributed by atoms with Crippen LogP contribution in [0.1, 0.15) is 32.4 Å². The van der Waals surface area contributed by atoms with Crippen LogP contribution in [0.4, 0.5) is 11.4 Å². The Hall–Kier alpha value is -2.57. The van der Waals surface area contributed by atoms with Crippen molar-refractivity contribution >= 4 is 11.4 Å². The summed E-state index contributed by atoms with van der Waals surface area (Å²) in [5.74, 6) is 0.108. The first-order valence-electron chi connectivity index (χ1n) is 6.74. The molecule has 0 spiro atoms. The molecule has 7 heteroatoms. The van der Waals surface area contributed by atoms with Gasteiger partial charge >= 0.3 is 0 Å². The molecule has 0 amide bonds. The number of nitrogen functional groups attached to an aromatic ring is 1. The smallest absolute Gasteiger partial charge is 0.294 e. The number of hydrogen-bond acceptors (Lipinski definition) is 4. The van der Waals surface area contributed by atoms with Crippen molar-refractivity contribution < 1.29 is 4.92 Å². The zero-order chi connectivity index (χ0) is 15.7. The maximum atomic E-state index is 12.4. The van der Waals surface area contributed by atoms with E-state index in [0.717, 1.165) is 5.69 Å². The summed E-state index contributed by atoms with van der Waals surface area (Å²) in [6.45, 7) is 6.44. The fourth-order valence-corrected chi connectivity index (χ4v) is 2.47. The molecule has 7 nitrogen and oxygen atoms in total. The summed E-state index contributed by atoms with van der Waals surface area (Å²) in [6.07, 6.45) is 0. The number of hydrogen-bond donors (Lipinski definition) is 1. The van der Waals surface area contributed by atoms with Crippen molar-refractivity contribution in [1.82, 2.24) is 9.36 Å². The van der Waals surface area contributed by atoms with Gasteiger partial charge in [0.15, 0.2) is 0 Å². The van der Waals surface area contributed by atoms with Gasteiger partial charge in [-0.25, -0.2) is 4.68 Å². The topological polar surface area (TPSA) is 96.1 Å². The van der Waals surface area contributed by atoms with Crippen LogP contribution in [0, 0.1) is 10.1 Å². The minimum absolute atomic E-state index is 0.0153. The predicted octanol–water partition coefficient (Wildman–Crippen LogP) is 2.27. The lowest BCUT2D eigenvalue weighted by Crippen LogP contribution is -2.22. The summed E-state index contributed by atoms with van der Waals surface area (Å²) in [6, 6.07) is 5.85. The van der Waals surface area contributed by atoms with Gasteiger partial charge in [-0.15, -0.1) is 0 Å². The predicted molar refractivity (Wildman–Crippen MR) is 80.9 cm³/mol. The Kier molecular flexibility index (Phi) is 3.84. The molecule has 2 aromatic rings. The van der Waals surface area contributed by atoms with Crippen LogP contribution < -0.4 is 11.3 Å². The first-order chi connectivity index (χ1) is 9.88. The number of non-ortho nitro benzene ring substituents is 1. The van der Waals surface area contributed by atoms with Crippen LogP contribution in [0.25, 0.3) is 5.69 Å². The third kappa shape index (κ3) is 2.42. The summed E-state index contributed by atoms with van der Waals surface area (Å²) in [5.41, 5.74) is 7.19. The number of nitro benzene ring substituents is 1. The monoisotopic (exact) mass is 290 g/mol. The Morgan fingerprint density at radius 3 is 2.29 bits per heavy atom. The van der Waals surface area contributed by atoms with Gasteiger partial charge in [0.25, 0.3) is 11.2 Å². The molecule has 0 aliphatic heterocycles. The highest BCUT2D eigenvalue weighted by Gasteiger charge is 2.20. The molecule has 0 bridgehead atoms. The molecule has 112 valence electrons. The highest BCUT2D eigenvalue weighted by molar-refractivity contribution is 5.48. The fraction of sp³-hybridized carbons (Fsp3) is 0.357. The number of nitrogens with zero attached hydrogens (tertiary/aromatic N) is 3. The van der Waals surface area contributed by atoms with E-state index in [1.54, 1.807) is 12.1 Å². The van der Waals surface area contributed by atoms with Crippen molar-refractivity contribution in [3.8, 4) is 5.69 Å². The lowest BCUT2D eigenvalue weighted by Gasteiger charge is -2.14. The van der Waals surface area contributed by atoms with E-state index in [1.165, 1.54) is 16.8 Å². The van der Waals surface area contributed by atoms with Gasteiger partial charge in [-0.05, 0) is 25.0 Å². The standard InChI is InChI=1S/C14H18N4O3/c1-4-16-13(9(2)3)12(15)14(19)17(16)10-5-7-11(8-6-10)18(20)21/h5-9H,4,15H2,1-3H3. The number of anilines is 1. The summed E-state index contributed by atoms with van der Waals surface area (Å²) in [4.78, 5) is 22.6. The van der Waals surface area contributed by atoms with Crippen LogP contribution in [-0.2, 0) is 6.54 Å². The number of rotatable bonds is 4. The molecule has 0 aliphatic rings. The molecule has 21 heavy (non-hydrogen) atoms. The molecule has 0 atom stereocenters. The van der Waals surface area contributed by atoms with Gasteiger partial charge in [-0.2, -0.15) is 0 Å². The molecule has 1 aromatic heterocycles. The minimum Gasteiger partial charge on any atom is -0.393 e. The second kappa shape index (κ2) is 5.43. The van der Waals surface area contributed by atoms with Gasteiger partial charge in [-0.1, -0.05) is 13.8 Å². The van der Waals surface area contributed by atoms with Crippen LogP contribution in [-0.4, -0.2) is 14.3 Å². The van der Waals surface area contributed by atoms with Gasteiger partial charge in [0.2, 0.25) is 0 Å². The van der Waals surface area contributed by atoms with Gasteiger partial charge in [-0.3, -0.25) is 19.6 Å². The molecule has 0 unspecified atom stereocenters. The SMILES string of the molecule is CCn1c(C(C)C)c(N)c(=O)n1-c1ccc([N+](=O)[O-])cc1. The average molecular weight is 290 g/mol. The minimum atomic E-state index is -0.473. The van der Waals surface area contributed by atoms with Gasteiger partial charge < -0.3 is 5.73 Å². The Bertz CT molecular complexity index is 726. The lowest BCUT2D eigenvalue weighted by molar-refractivity contribution is -0.384. The van der Waals surface area contributed by atoms with Crippen molar-refractivity contribution in [1.29, 1.82) is 0 Å².